The van der Waals surface area contributed by atoms with Crippen LogP contribution < -0.4 is 5.32 Å². The Hall–Kier alpha value is -0.820. The van der Waals surface area contributed by atoms with Gasteiger partial charge in [-0.2, -0.15) is 0 Å². The second kappa shape index (κ2) is 7.45. The molecule has 1 N–H and O–H groups in total. The van der Waals surface area contributed by atoms with Crippen LogP contribution in [0, 0.1) is 0 Å². The topological polar surface area (TPSA) is 12.0 Å². The van der Waals surface area contributed by atoms with E-state index in [0.717, 1.165) is 12.8 Å². The Morgan fingerprint density at radius 3 is 2.88 bits per heavy atom. The van der Waals surface area contributed by atoms with Crippen molar-refractivity contribution in [1.82, 2.24) is 5.32 Å². The summed E-state index contributed by atoms with van der Waals surface area (Å²) in [6, 6.07) is 1.18. The van der Waals surface area contributed by atoms with Gasteiger partial charge in [0.2, 0.25) is 0 Å². The number of unbranched alkanes of at least 4 members (excludes halogenated alkanes) is 2. The van der Waals surface area contributed by atoms with Crippen LogP contribution in [-0.2, 0) is 0 Å². The first kappa shape index (κ1) is 13.2. The summed E-state index contributed by atoms with van der Waals surface area (Å²) in [5.74, 6) is 0. The molecule has 1 aliphatic rings. The highest BCUT2D eigenvalue weighted by Crippen LogP contribution is 2.19. The molecule has 90 valence electrons. The molecule has 1 rings (SSSR count). The lowest BCUT2D eigenvalue weighted by atomic mass is 9.94. The van der Waals surface area contributed by atoms with E-state index in [-0.39, 0.29) is 0 Å². The maximum absolute atomic E-state index is 3.81. The van der Waals surface area contributed by atoms with Crippen molar-refractivity contribution in [1.29, 1.82) is 0 Å². The standard InChI is InChI=1S/C15H25N/c1-4-6-7-8-10-15-12-13(3)11-14(16-15)9-5-2/h4-5,11,14-16H,1-2,6-10,12H2,3H3/t14-,15-/m0/s1. The van der Waals surface area contributed by atoms with Gasteiger partial charge in [0.25, 0.3) is 0 Å². The van der Waals surface area contributed by atoms with E-state index in [9.17, 15) is 0 Å². The molecular formula is C15H25N. The molecule has 1 aliphatic heterocycles. The molecule has 0 unspecified atom stereocenters. The minimum Gasteiger partial charge on any atom is -0.307 e. The highest BCUT2D eigenvalue weighted by atomic mass is 15.0. The molecule has 0 aromatic rings. The summed E-state index contributed by atoms with van der Waals surface area (Å²) in [4.78, 5) is 0. The lowest BCUT2D eigenvalue weighted by molar-refractivity contribution is 0.407. The van der Waals surface area contributed by atoms with Gasteiger partial charge in [-0.3, -0.25) is 0 Å². The minimum absolute atomic E-state index is 0.510. The monoisotopic (exact) mass is 219 g/mol. The van der Waals surface area contributed by atoms with E-state index in [2.05, 4.69) is 31.5 Å². The van der Waals surface area contributed by atoms with Crippen molar-refractivity contribution < 1.29 is 0 Å². The molecule has 0 radical (unpaired) electrons. The summed E-state index contributed by atoms with van der Waals surface area (Å²) >= 11 is 0. The number of hydrogen-bond donors (Lipinski definition) is 1. The molecule has 0 bridgehead atoms. The lowest BCUT2D eigenvalue weighted by Crippen LogP contribution is -2.40. The molecule has 1 heteroatoms. The van der Waals surface area contributed by atoms with Gasteiger partial charge in [-0.15, -0.1) is 13.2 Å². The second-order valence-electron chi connectivity index (χ2n) is 4.78. The lowest BCUT2D eigenvalue weighted by Gasteiger charge is -2.29. The summed E-state index contributed by atoms with van der Waals surface area (Å²) in [6.45, 7) is 9.81. The third kappa shape index (κ3) is 4.80. The minimum atomic E-state index is 0.510. The van der Waals surface area contributed by atoms with Gasteiger partial charge < -0.3 is 5.32 Å². The molecule has 0 aliphatic carbocycles. The Morgan fingerprint density at radius 1 is 1.38 bits per heavy atom. The van der Waals surface area contributed by atoms with Crippen LogP contribution in [-0.4, -0.2) is 12.1 Å². The van der Waals surface area contributed by atoms with Gasteiger partial charge in [0.1, 0.15) is 0 Å². The van der Waals surface area contributed by atoms with Crippen LogP contribution in [0.1, 0.15) is 45.4 Å². The molecular weight excluding hydrogens is 194 g/mol. The summed E-state index contributed by atoms with van der Waals surface area (Å²) < 4.78 is 0. The van der Waals surface area contributed by atoms with E-state index in [4.69, 9.17) is 0 Å². The molecule has 0 fully saturated rings. The van der Waals surface area contributed by atoms with Crippen LogP contribution in [0.3, 0.4) is 0 Å². The molecule has 16 heavy (non-hydrogen) atoms. The predicted molar refractivity (Wildman–Crippen MR) is 72.6 cm³/mol. The molecule has 0 amide bonds. The van der Waals surface area contributed by atoms with Crippen LogP contribution in [0.2, 0.25) is 0 Å². The largest absolute Gasteiger partial charge is 0.307 e. The summed E-state index contributed by atoms with van der Waals surface area (Å²) in [5.41, 5.74) is 1.53. The van der Waals surface area contributed by atoms with Gasteiger partial charge in [0.05, 0.1) is 0 Å². The van der Waals surface area contributed by atoms with E-state index in [1.54, 1.807) is 0 Å². The smallest absolute Gasteiger partial charge is 0.0289 e. The van der Waals surface area contributed by atoms with E-state index < -0.39 is 0 Å². The van der Waals surface area contributed by atoms with Gasteiger partial charge in [-0.05, 0) is 39.0 Å². The molecule has 1 heterocycles. The van der Waals surface area contributed by atoms with Crippen molar-refractivity contribution in [2.45, 2.75) is 57.5 Å². The number of nitrogens with one attached hydrogen (secondary N) is 1. The summed E-state index contributed by atoms with van der Waals surface area (Å²) in [6.07, 6.45) is 13.6. The van der Waals surface area contributed by atoms with Gasteiger partial charge in [-0.1, -0.05) is 30.2 Å². The molecule has 0 saturated heterocycles. The van der Waals surface area contributed by atoms with Crippen molar-refractivity contribution in [3.8, 4) is 0 Å². The number of hydrogen-bond acceptors (Lipinski definition) is 1. The van der Waals surface area contributed by atoms with Crippen molar-refractivity contribution in [3.63, 3.8) is 0 Å². The Labute approximate surface area is 100 Å². The first-order chi connectivity index (χ1) is 7.76. The highest BCUT2D eigenvalue weighted by Gasteiger charge is 2.18. The van der Waals surface area contributed by atoms with E-state index >= 15 is 0 Å². The predicted octanol–water partition coefficient (Wildman–Crippen LogP) is 3.99. The SMILES string of the molecule is C=CCCCC[C@H]1CC(C)=C[C@H](CC=C)N1. The highest BCUT2D eigenvalue weighted by molar-refractivity contribution is 5.12. The molecule has 0 saturated carbocycles. The van der Waals surface area contributed by atoms with Crippen molar-refractivity contribution in [3.05, 3.63) is 37.0 Å². The average molecular weight is 219 g/mol. The van der Waals surface area contributed by atoms with Gasteiger partial charge in [0.15, 0.2) is 0 Å². The maximum atomic E-state index is 3.81. The summed E-state index contributed by atoms with van der Waals surface area (Å²) in [7, 11) is 0. The van der Waals surface area contributed by atoms with Crippen molar-refractivity contribution in [2.75, 3.05) is 0 Å². The fraction of sp³-hybridized carbons (Fsp3) is 0.600. The first-order valence-corrected chi connectivity index (χ1v) is 6.41. The molecule has 2 atom stereocenters. The fourth-order valence-corrected chi connectivity index (χ4v) is 2.39. The number of rotatable bonds is 7. The van der Waals surface area contributed by atoms with Crippen molar-refractivity contribution >= 4 is 0 Å². The van der Waals surface area contributed by atoms with Crippen LogP contribution in [0.25, 0.3) is 0 Å². The number of allylic oxidation sites excluding steroid dienone is 1. The van der Waals surface area contributed by atoms with E-state index in [1.165, 1.54) is 31.3 Å². The third-order valence-electron chi connectivity index (χ3n) is 3.14. The van der Waals surface area contributed by atoms with Crippen LogP contribution in [0.15, 0.2) is 37.0 Å². The third-order valence-corrected chi connectivity index (χ3v) is 3.14. The quantitative estimate of drug-likeness (QED) is 0.504. The van der Waals surface area contributed by atoms with Crippen LogP contribution >= 0.6 is 0 Å². The Bertz CT molecular complexity index is 252. The zero-order chi connectivity index (χ0) is 11.8. The van der Waals surface area contributed by atoms with Gasteiger partial charge in [-0.25, -0.2) is 0 Å². The molecule has 0 aromatic heterocycles. The van der Waals surface area contributed by atoms with E-state index in [0.29, 0.717) is 12.1 Å². The van der Waals surface area contributed by atoms with Gasteiger partial charge >= 0.3 is 0 Å². The zero-order valence-corrected chi connectivity index (χ0v) is 10.5. The Morgan fingerprint density at radius 2 is 2.19 bits per heavy atom. The Balaban J connectivity index is 2.30. The van der Waals surface area contributed by atoms with Crippen molar-refractivity contribution in [2.24, 2.45) is 0 Å². The molecule has 0 spiro atoms. The Kier molecular flexibility index (Phi) is 6.17. The van der Waals surface area contributed by atoms with Gasteiger partial charge in [0, 0.05) is 12.1 Å². The average Bonchev–Trinajstić information content (AvgIpc) is 2.24. The van der Waals surface area contributed by atoms with Crippen LogP contribution in [0.5, 0.6) is 0 Å². The van der Waals surface area contributed by atoms with E-state index in [1.807, 2.05) is 12.2 Å². The fourth-order valence-electron chi connectivity index (χ4n) is 2.39. The molecule has 0 aromatic carbocycles. The zero-order valence-electron chi connectivity index (χ0n) is 10.5. The molecule has 1 nitrogen and oxygen atoms in total. The normalized spacial score (nSPS) is 24.9. The second-order valence-corrected chi connectivity index (χ2v) is 4.78. The maximum Gasteiger partial charge on any atom is 0.0289 e. The summed E-state index contributed by atoms with van der Waals surface area (Å²) in [5, 5.41) is 3.69. The first-order valence-electron chi connectivity index (χ1n) is 6.41. The van der Waals surface area contributed by atoms with Crippen LogP contribution in [0.4, 0.5) is 0 Å².